The van der Waals surface area contributed by atoms with Gasteiger partial charge in [-0.2, -0.15) is 10.2 Å². The number of carboxylic acids is 1. The van der Waals surface area contributed by atoms with Crippen LogP contribution >= 0.6 is 11.6 Å². The van der Waals surface area contributed by atoms with Gasteiger partial charge in [0, 0.05) is 17.5 Å². The van der Waals surface area contributed by atoms with Crippen LogP contribution in [0.15, 0.2) is 24.4 Å². The molecule has 0 spiro atoms. The molecule has 0 fully saturated rings. The Balaban J connectivity index is 2.07. The molecule has 1 N–H and O–H groups in total. The topological polar surface area (TPSA) is 72.4 Å². The maximum atomic E-state index is 11.1. The van der Waals surface area contributed by atoms with Crippen LogP contribution in [0.3, 0.4) is 0 Å². The van der Waals surface area contributed by atoms with Crippen LogP contribution in [0, 0.1) is 6.92 Å². The number of hydrogen-bond donors (Lipinski definition) is 1. The normalized spacial score (nSPS) is 11.5. The van der Waals surface area contributed by atoms with E-state index in [1.165, 1.54) is 0 Å². The van der Waals surface area contributed by atoms with Gasteiger partial charge in [-0.25, -0.2) is 9.31 Å². The third kappa shape index (κ3) is 2.94. The van der Waals surface area contributed by atoms with Gasteiger partial charge in [0.2, 0.25) is 0 Å². The van der Waals surface area contributed by atoms with Crippen LogP contribution in [0.2, 0.25) is 5.02 Å². The van der Waals surface area contributed by atoms with Crippen molar-refractivity contribution in [3.8, 4) is 0 Å². The first-order valence-corrected chi connectivity index (χ1v) is 7.68. The first kappa shape index (κ1) is 15.6. The molecule has 7 heteroatoms. The molecule has 0 aliphatic rings. The van der Waals surface area contributed by atoms with E-state index < -0.39 is 5.97 Å². The van der Waals surface area contributed by atoms with Gasteiger partial charge in [0.15, 0.2) is 5.69 Å². The van der Waals surface area contributed by atoms with Gasteiger partial charge in [-0.05, 0) is 31.0 Å². The molecule has 23 heavy (non-hydrogen) atoms. The molecule has 0 saturated heterocycles. The molecule has 0 atom stereocenters. The maximum Gasteiger partial charge on any atom is 0.356 e. The molecule has 0 unspecified atom stereocenters. The number of hydrogen-bond acceptors (Lipinski definition) is 3. The molecule has 120 valence electrons. The third-order valence-electron chi connectivity index (χ3n) is 3.75. The summed E-state index contributed by atoms with van der Waals surface area (Å²) in [6.07, 6.45) is 1.77. The molecular weight excluding hydrogens is 316 g/mol. The first-order chi connectivity index (χ1) is 10.8. The van der Waals surface area contributed by atoms with Crippen LogP contribution in [0.25, 0.3) is 5.52 Å². The van der Waals surface area contributed by atoms with E-state index in [4.69, 9.17) is 16.7 Å². The fourth-order valence-electron chi connectivity index (χ4n) is 2.49. The number of halogens is 1. The highest BCUT2D eigenvalue weighted by atomic mass is 35.5. The second-order valence-electron chi connectivity index (χ2n) is 5.87. The highest BCUT2D eigenvalue weighted by Crippen LogP contribution is 2.23. The fourth-order valence-corrected chi connectivity index (χ4v) is 2.72. The SMILES string of the molecule is Cc1cc(C(=O)O)nn1Cc1cc(Cl)cn2nc(C(C)C)cc12. The van der Waals surface area contributed by atoms with Crippen LogP contribution in [-0.2, 0) is 6.54 Å². The minimum absolute atomic E-state index is 0.0388. The largest absolute Gasteiger partial charge is 0.476 e. The lowest BCUT2D eigenvalue weighted by molar-refractivity contribution is 0.0689. The van der Waals surface area contributed by atoms with E-state index in [1.54, 1.807) is 21.5 Å². The van der Waals surface area contributed by atoms with Crippen molar-refractivity contribution < 1.29 is 9.90 Å². The standard InChI is InChI=1S/C16H17ClN4O2/c1-9(2)13-6-15-11(5-12(17)8-21(15)18-13)7-20-10(3)4-14(19-20)16(22)23/h4-6,8-9H,7H2,1-3H3,(H,22,23). The lowest BCUT2D eigenvalue weighted by Gasteiger charge is -2.07. The summed E-state index contributed by atoms with van der Waals surface area (Å²) < 4.78 is 3.43. The van der Waals surface area contributed by atoms with Gasteiger partial charge >= 0.3 is 5.97 Å². The molecule has 0 amide bonds. The third-order valence-corrected chi connectivity index (χ3v) is 3.96. The number of carboxylic acid groups (broad SMARTS) is 1. The number of fused-ring (bicyclic) bond motifs is 1. The Morgan fingerprint density at radius 2 is 2.04 bits per heavy atom. The van der Waals surface area contributed by atoms with Crippen molar-refractivity contribution in [2.75, 3.05) is 0 Å². The van der Waals surface area contributed by atoms with Gasteiger partial charge in [-0.1, -0.05) is 25.4 Å². The minimum atomic E-state index is -1.03. The molecule has 3 rings (SSSR count). The van der Waals surface area contributed by atoms with Gasteiger partial charge in [0.25, 0.3) is 0 Å². The van der Waals surface area contributed by atoms with E-state index >= 15 is 0 Å². The van der Waals surface area contributed by atoms with Crippen molar-refractivity contribution in [3.63, 3.8) is 0 Å². The lowest BCUT2D eigenvalue weighted by atomic mass is 10.1. The highest BCUT2D eigenvalue weighted by molar-refractivity contribution is 6.30. The number of carbonyl (C=O) groups is 1. The van der Waals surface area contributed by atoms with Crippen molar-refractivity contribution >= 4 is 23.1 Å². The van der Waals surface area contributed by atoms with Gasteiger partial charge < -0.3 is 5.11 Å². The number of aromatic nitrogens is 4. The molecule has 0 bridgehead atoms. The average molecular weight is 333 g/mol. The van der Waals surface area contributed by atoms with E-state index in [2.05, 4.69) is 24.0 Å². The van der Waals surface area contributed by atoms with Gasteiger partial charge in [0.05, 0.1) is 22.8 Å². The summed E-state index contributed by atoms with van der Waals surface area (Å²) in [5.41, 5.74) is 3.70. The van der Waals surface area contributed by atoms with Crippen molar-refractivity contribution in [1.29, 1.82) is 0 Å². The lowest BCUT2D eigenvalue weighted by Crippen LogP contribution is -2.07. The summed E-state index contributed by atoms with van der Waals surface area (Å²) in [6, 6.07) is 5.46. The number of nitrogens with zero attached hydrogens (tertiary/aromatic N) is 4. The second kappa shape index (κ2) is 5.70. The van der Waals surface area contributed by atoms with Crippen LogP contribution in [0.1, 0.15) is 47.2 Å². The maximum absolute atomic E-state index is 11.1. The number of pyridine rings is 1. The van der Waals surface area contributed by atoms with E-state index in [-0.39, 0.29) is 5.69 Å². The minimum Gasteiger partial charge on any atom is -0.476 e. The molecule has 3 aromatic heterocycles. The van der Waals surface area contributed by atoms with Crippen molar-refractivity contribution in [3.05, 3.63) is 52.1 Å². The molecule has 3 aromatic rings. The number of aromatic carboxylic acids is 1. The zero-order chi connectivity index (χ0) is 16.7. The molecule has 0 saturated carbocycles. The van der Waals surface area contributed by atoms with Crippen molar-refractivity contribution in [2.45, 2.75) is 33.2 Å². The Hall–Kier alpha value is -2.34. The van der Waals surface area contributed by atoms with E-state index in [1.807, 2.05) is 19.1 Å². The molecule has 0 aliphatic carbocycles. The predicted octanol–water partition coefficient (Wildman–Crippen LogP) is 3.36. The summed E-state index contributed by atoms with van der Waals surface area (Å²) >= 11 is 6.19. The summed E-state index contributed by atoms with van der Waals surface area (Å²) in [4.78, 5) is 11.1. The Labute approximate surface area is 138 Å². The van der Waals surface area contributed by atoms with Crippen LogP contribution in [0.4, 0.5) is 0 Å². The van der Waals surface area contributed by atoms with E-state index in [0.717, 1.165) is 22.5 Å². The Bertz CT molecular complexity index is 895. The monoisotopic (exact) mass is 332 g/mol. The Morgan fingerprint density at radius 3 is 2.65 bits per heavy atom. The molecule has 0 radical (unpaired) electrons. The van der Waals surface area contributed by atoms with E-state index in [0.29, 0.717) is 17.5 Å². The van der Waals surface area contributed by atoms with Crippen LogP contribution in [0.5, 0.6) is 0 Å². The van der Waals surface area contributed by atoms with Crippen molar-refractivity contribution in [2.24, 2.45) is 0 Å². The fraction of sp³-hybridized carbons (Fsp3) is 0.312. The molecule has 0 aromatic carbocycles. The Kier molecular flexibility index (Phi) is 3.85. The van der Waals surface area contributed by atoms with Gasteiger partial charge in [-0.3, -0.25) is 4.68 Å². The molecule has 6 nitrogen and oxygen atoms in total. The Morgan fingerprint density at radius 1 is 1.30 bits per heavy atom. The molecule has 3 heterocycles. The summed E-state index contributed by atoms with van der Waals surface area (Å²) in [6.45, 7) is 6.43. The van der Waals surface area contributed by atoms with Crippen LogP contribution < -0.4 is 0 Å². The number of rotatable bonds is 4. The van der Waals surface area contributed by atoms with Gasteiger partial charge in [0.1, 0.15) is 0 Å². The second-order valence-corrected chi connectivity index (χ2v) is 6.31. The zero-order valence-electron chi connectivity index (χ0n) is 13.1. The average Bonchev–Trinajstić information content (AvgIpc) is 3.03. The highest BCUT2D eigenvalue weighted by Gasteiger charge is 2.14. The predicted molar refractivity (Wildman–Crippen MR) is 87.3 cm³/mol. The number of aryl methyl sites for hydroxylation is 1. The van der Waals surface area contributed by atoms with E-state index in [9.17, 15) is 4.79 Å². The quantitative estimate of drug-likeness (QED) is 0.795. The van der Waals surface area contributed by atoms with Crippen molar-refractivity contribution in [1.82, 2.24) is 19.4 Å². The smallest absolute Gasteiger partial charge is 0.356 e. The summed E-state index contributed by atoms with van der Waals surface area (Å²) in [7, 11) is 0. The molecule has 0 aliphatic heterocycles. The zero-order valence-corrected chi connectivity index (χ0v) is 13.9. The van der Waals surface area contributed by atoms with Gasteiger partial charge in [-0.15, -0.1) is 0 Å². The summed E-state index contributed by atoms with van der Waals surface area (Å²) in [5, 5.41) is 18.3. The van der Waals surface area contributed by atoms with Crippen LogP contribution in [-0.4, -0.2) is 30.5 Å². The molecular formula is C16H17ClN4O2. The first-order valence-electron chi connectivity index (χ1n) is 7.30. The summed E-state index contributed by atoms with van der Waals surface area (Å²) in [5.74, 6) is -0.721.